The molecule has 0 radical (unpaired) electrons. The van der Waals surface area contributed by atoms with E-state index in [9.17, 15) is 13.6 Å². The fourth-order valence-electron chi connectivity index (χ4n) is 3.69. The van der Waals surface area contributed by atoms with Crippen LogP contribution < -0.4 is 10.5 Å². The van der Waals surface area contributed by atoms with E-state index in [1.807, 2.05) is 12.3 Å². The molecule has 1 unspecified atom stereocenters. The van der Waals surface area contributed by atoms with Gasteiger partial charge in [0.25, 0.3) is 5.91 Å². The van der Waals surface area contributed by atoms with Crippen LogP contribution >= 0.6 is 0 Å². The lowest BCUT2D eigenvalue weighted by Crippen LogP contribution is -2.31. The van der Waals surface area contributed by atoms with Crippen LogP contribution in [0, 0.1) is 11.6 Å². The van der Waals surface area contributed by atoms with Gasteiger partial charge in [-0.05, 0) is 42.2 Å². The van der Waals surface area contributed by atoms with Crippen molar-refractivity contribution in [3.8, 4) is 5.75 Å². The monoisotopic (exact) mass is 386 g/mol. The molecule has 1 fully saturated rings. The number of nitrogens with two attached hydrogens (primary N) is 1. The molecule has 1 aromatic carbocycles. The van der Waals surface area contributed by atoms with Crippen molar-refractivity contribution in [2.75, 3.05) is 13.7 Å². The molecule has 0 spiro atoms. The van der Waals surface area contributed by atoms with Gasteiger partial charge < -0.3 is 19.8 Å². The minimum absolute atomic E-state index is 0.170. The van der Waals surface area contributed by atoms with Gasteiger partial charge in [0.15, 0.2) is 11.6 Å². The largest absolute Gasteiger partial charge is 0.494 e. The SMILES string of the molecule is COc1cc(C2CCCN2C(=O)c2cn3cc(CN)ccc3n2)cc(F)c1F. The molecule has 3 aromatic rings. The van der Waals surface area contributed by atoms with E-state index in [1.165, 1.54) is 13.2 Å². The smallest absolute Gasteiger partial charge is 0.274 e. The Labute approximate surface area is 160 Å². The van der Waals surface area contributed by atoms with Crippen molar-refractivity contribution in [1.82, 2.24) is 14.3 Å². The number of carbonyl (C=O) groups excluding carboxylic acids is 1. The Morgan fingerprint density at radius 2 is 2.14 bits per heavy atom. The van der Waals surface area contributed by atoms with Crippen molar-refractivity contribution in [3.05, 3.63) is 65.1 Å². The number of fused-ring (bicyclic) bond motifs is 1. The first-order chi connectivity index (χ1) is 13.5. The number of pyridine rings is 1. The fraction of sp³-hybridized carbons (Fsp3) is 0.300. The molecule has 1 saturated heterocycles. The lowest BCUT2D eigenvalue weighted by Gasteiger charge is -2.24. The summed E-state index contributed by atoms with van der Waals surface area (Å²) < 4.78 is 34.4. The Balaban J connectivity index is 1.66. The molecule has 146 valence electrons. The Morgan fingerprint density at radius 3 is 2.89 bits per heavy atom. The van der Waals surface area contributed by atoms with E-state index in [-0.39, 0.29) is 17.7 Å². The van der Waals surface area contributed by atoms with Gasteiger partial charge in [0.1, 0.15) is 11.3 Å². The molecule has 1 aliphatic heterocycles. The second-order valence-corrected chi connectivity index (χ2v) is 6.81. The number of imidazole rings is 1. The molecule has 0 bridgehead atoms. The van der Waals surface area contributed by atoms with Gasteiger partial charge in [-0.1, -0.05) is 6.07 Å². The average Bonchev–Trinajstić information content (AvgIpc) is 3.35. The van der Waals surface area contributed by atoms with Crippen LogP contribution in [0.5, 0.6) is 5.75 Å². The van der Waals surface area contributed by atoms with Crippen LogP contribution in [0.1, 0.15) is 40.5 Å². The first-order valence-corrected chi connectivity index (χ1v) is 9.03. The summed E-state index contributed by atoms with van der Waals surface area (Å²) in [5.41, 5.74) is 8.04. The molecular weight excluding hydrogens is 366 g/mol. The molecule has 6 nitrogen and oxygen atoms in total. The number of halogens is 2. The lowest BCUT2D eigenvalue weighted by atomic mass is 10.0. The standard InChI is InChI=1S/C20H20F2N4O2/c1-28-17-8-13(7-14(21)19(17)22)16-3-2-6-26(16)20(27)15-11-25-10-12(9-23)4-5-18(25)24-15/h4-5,7-8,10-11,16H,2-3,6,9,23H2,1H3. The molecular formula is C20H20F2N4O2. The van der Waals surface area contributed by atoms with Gasteiger partial charge in [0.05, 0.1) is 13.2 Å². The van der Waals surface area contributed by atoms with Crippen LogP contribution in [-0.2, 0) is 6.54 Å². The molecule has 4 rings (SSSR count). The Morgan fingerprint density at radius 1 is 1.32 bits per heavy atom. The van der Waals surface area contributed by atoms with E-state index in [0.717, 1.165) is 18.1 Å². The van der Waals surface area contributed by atoms with Crippen LogP contribution in [0.25, 0.3) is 5.65 Å². The van der Waals surface area contributed by atoms with Crippen molar-refractivity contribution in [2.45, 2.75) is 25.4 Å². The molecule has 2 aromatic heterocycles. The second-order valence-electron chi connectivity index (χ2n) is 6.81. The summed E-state index contributed by atoms with van der Waals surface area (Å²) in [6, 6.07) is 5.89. The number of nitrogens with zero attached hydrogens (tertiary/aromatic N) is 3. The highest BCUT2D eigenvalue weighted by molar-refractivity contribution is 5.93. The minimum Gasteiger partial charge on any atom is -0.494 e. The van der Waals surface area contributed by atoms with Crippen molar-refractivity contribution in [2.24, 2.45) is 5.73 Å². The first kappa shape index (κ1) is 18.4. The number of benzene rings is 1. The normalized spacial score (nSPS) is 16.7. The third kappa shape index (κ3) is 3.09. The number of aromatic nitrogens is 2. The van der Waals surface area contributed by atoms with Crippen LogP contribution in [0.3, 0.4) is 0 Å². The topological polar surface area (TPSA) is 72.9 Å². The highest BCUT2D eigenvalue weighted by Crippen LogP contribution is 2.36. The molecule has 2 N–H and O–H groups in total. The van der Waals surface area contributed by atoms with Gasteiger partial charge >= 0.3 is 0 Å². The summed E-state index contributed by atoms with van der Waals surface area (Å²) in [5, 5.41) is 0. The van der Waals surface area contributed by atoms with Gasteiger partial charge in [-0.25, -0.2) is 9.37 Å². The molecule has 1 aliphatic rings. The second kappa shape index (κ2) is 7.20. The predicted molar refractivity (Wildman–Crippen MR) is 99.0 cm³/mol. The van der Waals surface area contributed by atoms with Crippen molar-refractivity contribution in [1.29, 1.82) is 0 Å². The third-order valence-corrected chi connectivity index (χ3v) is 5.10. The predicted octanol–water partition coefficient (Wildman–Crippen LogP) is 3.06. The van der Waals surface area contributed by atoms with E-state index in [2.05, 4.69) is 4.98 Å². The highest BCUT2D eigenvalue weighted by Gasteiger charge is 2.33. The molecule has 1 atom stereocenters. The van der Waals surface area contributed by atoms with E-state index >= 15 is 0 Å². The summed E-state index contributed by atoms with van der Waals surface area (Å²) in [6.45, 7) is 0.913. The number of methoxy groups -OCH3 is 1. The van der Waals surface area contributed by atoms with E-state index in [4.69, 9.17) is 10.5 Å². The van der Waals surface area contributed by atoms with Gasteiger partial charge in [-0.2, -0.15) is 4.39 Å². The van der Waals surface area contributed by atoms with Crippen molar-refractivity contribution < 1.29 is 18.3 Å². The van der Waals surface area contributed by atoms with Crippen molar-refractivity contribution >= 4 is 11.6 Å². The lowest BCUT2D eigenvalue weighted by molar-refractivity contribution is 0.0730. The quantitative estimate of drug-likeness (QED) is 0.748. The molecule has 0 aliphatic carbocycles. The van der Waals surface area contributed by atoms with Gasteiger partial charge in [0, 0.05) is 25.5 Å². The van der Waals surface area contributed by atoms with Gasteiger partial charge in [0.2, 0.25) is 5.82 Å². The molecule has 1 amide bonds. The zero-order valence-electron chi connectivity index (χ0n) is 15.4. The Bertz CT molecular complexity index is 1050. The fourth-order valence-corrected chi connectivity index (χ4v) is 3.69. The highest BCUT2D eigenvalue weighted by atomic mass is 19.2. The van der Waals surface area contributed by atoms with Gasteiger partial charge in [-0.3, -0.25) is 4.79 Å². The summed E-state index contributed by atoms with van der Waals surface area (Å²) in [7, 11) is 1.28. The summed E-state index contributed by atoms with van der Waals surface area (Å²) in [6.07, 6.45) is 4.92. The summed E-state index contributed by atoms with van der Waals surface area (Å²) in [4.78, 5) is 19.1. The zero-order chi connectivity index (χ0) is 19.8. The number of ether oxygens (including phenoxy) is 1. The van der Waals surface area contributed by atoms with Crippen molar-refractivity contribution in [3.63, 3.8) is 0 Å². The first-order valence-electron chi connectivity index (χ1n) is 9.03. The van der Waals surface area contributed by atoms with Crippen LogP contribution in [0.2, 0.25) is 0 Å². The Kier molecular flexibility index (Phi) is 4.72. The number of hydrogen-bond acceptors (Lipinski definition) is 4. The van der Waals surface area contributed by atoms with Crippen LogP contribution in [-0.4, -0.2) is 33.8 Å². The maximum absolute atomic E-state index is 14.0. The molecule has 3 heterocycles. The van der Waals surface area contributed by atoms with E-state index in [1.54, 1.807) is 21.6 Å². The Hall–Kier alpha value is -3.00. The van der Waals surface area contributed by atoms with Crippen LogP contribution in [0.4, 0.5) is 8.78 Å². The summed E-state index contributed by atoms with van der Waals surface area (Å²) >= 11 is 0. The number of carbonyl (C=O) groups is 1. The third-order valence-electron chi connectivity index (χ3n) is 5.10. The number of hydrogen-bond donors (Lipinski definition) is 1. The maximum atomic E-state index is 14.0. The van der Waals surface area contributed by atoms with Gasteiger partial charge in [-0.15, -0.1) is 0 Å². The number of amides is 1. The zero-order valence-corrected chi connectivity index (χ0v) is 15.4. The van der Waals surface area contributed by atoms with E-state index < -0.39 is 11.6 Å². The van der Waals surface area contributed by atoms with Crippen LogP contribution in [0.15, 0.2) is 36.7 Å². The molecule has 8 heteroatoms. The number of rotatable bonds is 4. The summed E-state index contributed by atoms with van der Waals surface area (Å²) in [5.74, 6) is -2.44. The minimum atomic E-state index is -1.03. The molecule has 28 heavy (non-hydrogen) atoms. The number of likely N-dealkylation sites (tertiary alicyclic amines) is 1. The molecule has 0 saturated carbocycles. The average molecular weight is 386 g/mol. The maximum Gasteiger partial charge on any atom is 0.274 e. The van der Waals surface area contributed by atoms with E-state index in [0.29, 0.717) is 36.4 Å².